The molecule has 0 atom stereocenters. The van der Waals surface area contributed by atoms with Crippen molar-refractivity contribution >= 4 is 11.6 Å². The Morgan fingerprint density at radius 2 is 1.90 bits per heavy atom. The topological polar surface area (TPSA) is 33.0 Å². The van der Waals surface area contributed by atoms with Gasteiger partial charge in [-0.25, -0.2) is 0 Å². The maximum atomic E-state index is 9.77. The third-order valence-electron chi connectivity index (χ3n) is 5.16. The van der Waals surface area contributed by atoms with Gasteiger partial charge in [0.25, 0.3) is 0 Å². The zero-order chi connectivity index (χ0) is 14.2. The first-order valence-corrected chi connectivity index (χ1v) is 7.76. The molecule has 0 unspecified atom stereocenters. The van der Waals surface area contributed by atoms with Crippen molar-refractivity contribution in [3.05, 3.63) is 28.8 Å². The zero-order valence-corrected chi connectivity index (χ0v) is 12.7. The third-order valence-corrected chi connectivity index (χ3v) is 5.39. The fraction of sp³-hybridized carbons (Fsp3) is 0.588. The fourth-order valence-corrected chi connectivity index (χ4v) is 4.44. The molecule has 0 saturated heterocycles. The summed E-state index contributed by atoms with van der Waals surface area (Å²) in [5, 5.41) is 10.4. The Morgan fingerprint density at radius 3 is 2.50 bits per heavy atom. The summed E-state index contributed by atoms with van der Waals surface area (Å²) < 4.78 is 5.45. The highest BCUT2D eigenvalue weighted by Gasteiger charge is 2.56. The van der Waals surface area contributed by atoms with E-state index in [1.54, 1.807) is 7.11 Å². The maximum Gasteiger partial charge on any atom is 0.123 e. The van der Waals surface area contributed by atoms with Crippen LogP contribution >= 0.6 is 11.6 Å². The van der Waals surface area contributed by atoms with Crippen LogP contribution in [0.25, 0.3) is 0 Å². The number of halogens is 1. The Morgan fingerprint density at radius 1 is 1.20 bits per heavy atom. The Balaban J connectivity index is 1.92. The van der Waals surface area contributed by atoms with Crippen LogP contribution in [-0.4, -0.2) is 7.11 Å². The van der Waals surface area contributed by atoms with Gasteiger partial charge in [-0.2, -0.15) is 5.26 Å². The number of nitrogens with zero attached hydrogens (tertiary/aromatic N) is 1. The Kier molecular flexibility index (Phi) is 3.42. The number of ether oxygens (including phenoxy) is 1. The molecule has 0 heterocycles. The normalized spacial score (nSPS) is 22.9. The average molecular weight is 290 g/mol. The predicted molar refractivity (Wildman–Crippen MR) is 80.0 cm³/mol. The van der Waals surface area contributed by atoms with Gasteiger partial charge in [0.2, 0.25) is 0 Å². The molecule has 2 aliphatic carbocycles. The van der Waals surface area contributed by atoms with Gasteiger partial charge in [0.05, 0.1) is 18.6 Å². The van der Waals surface area contributed by atoms with Gasteiger partial charge < -0.3 is 4.74 Å². The second kappa shape index (κ2) is 4.97. The smallest absolute Gasteiger partial charge is 0.123 e. The van der Waals surface area contributed by atoms with Crippen LogP contribution < -0.4 is 4.74 Å². The number of methoxy groups -OCH3 is 1. The third kappa shape index (κ3) is 2.09. The number of hydrogen-bond acceptors (Lipinski definition) is 2. The lowest BCUT2D eigenvalue weighted by Gasteiger charge is -2.55. The van der Waals surface area contributed by atoms with Crippen molar-refractivity contribution in [3.8, 4) is 11.8 Å². The molecule has 1 spiro atoms. The van der Waals surface area contributed by atoms with Crippen molar-refractivity contribution in [2.45, 2.75) is 50.4 Å². The summed E-state index contributed by atoms with van der Waals surface area (Å²) in [5.41, 5.74) is 0.987. The molecule has 0 bridgehead atoms. The van der Waals surface area contributed by atoms with E-state index in [4.69, 9.17) is 16.3 Å². The minimum atomic E-state index is -0.395. The van der Waals surface area contributed by atoms with Crippen LogP contribution in [0.5, 0.6) is 5.75 Å². The second-order valence-corrected chi connectivity index (χ2v) is 6.89. The minimum absolute atomic E-state index is 0.395. The highest BCUT2D eigenvalue weighted by molar-refractivity contribution is 6.30. The van der Waals surface area contributed by atoms with Crippen molar-refractivity contribution in [3.63, 3.8) is 0 Å². The quantitative estimate of drug-likeness (QED) is 0.779. The number of hydrogen-bond donors (Lipinski definition) is 0. The molecule has 3 rings (SSSR count). The predicted octanol–water partition coefficient (Wildman–Crippen LogP) is 4.85. The molecule has 2 nitrogen and oxygen atoms in total. The number of nitriles is 1. The zero-order valence-electron chi connectivity index (χ0n) is 11.9. The van der Waals surface area contributed by atoms with Crippen molar-refractivity contribution < 1.29 is 4.74 Å². The van der Waals surface area contributed by atoms with Crippen molar-refractivity contribution in [1.29, 1.82) is 5.26 Å². The van der Waals surface area contributed by atoms with Crippen LogP contribution in [-0.2, 0) is 5.41 Å². The molecule has 0 N–H and O–H groups in total. The first kappa shape index (κ1) is 13.8. The lowest BCUT2D eigenvalue weighted by molar-refractivity contribution is 0.0158. The van der Waals surface area contributed by atoms with E-state index in [-0.39, 0.29) is 0 Å². The highest BCUT2D eigenvalue weighted by Crippen LogP contribution is 2.62. The molecular weight excluding hydrogens is 270 g/mol. The number of rotatable bonds is 2. The summed E-state index contributed by atoms with van der Waals surface area (Å²) in [4.78, 5) is 0. The van der Waals surface area contributed by atoms with Gasteiger partial charge in [-0.3, -0.25) is 0 Å². The van der Waals surface area contributed by atoms with Gasteiger partial charge in [0.1, 0.15) is 5.75 Å². The summed E-state index contributed by atoms with van der Waals surface area (Å²) >= 11 is 6.13. The van der Waals surface area contributed by atoms with Gasteiger partial charge >= 0.3 is 0 Å². The van der Waals surface area contributed by atoms with Crippen LogP contribution in [0.2, 0.25) is 5.02 Å². The van der Waals surface area contributed by atoms with Crippen LogP contribution in [0.4, 0.5) is 0 Å². The van der Waals surface area contributed by atoms with E-state index >= 15 is 0 Å². The van der Waals surface area contributed by atoms with Gasteiger partial charge in [0, 0.05) is 10.6 Å². The highest BCUT2D eigenvalue weighted by atomic mass is 35.5. The minimum Gasteiger partial charge on any atom is -0.496 e. The van der Waals surface area contributed by atoms with Gasteiger partial charge in [-0.1, -0.05) is 30.9 Å². The average Bonchev–Trinajstić information content (AvgIpc) is 2.45. The van der Waals surface area contributed by atoms with E-state index in [2.05, 4.69) is 6.07 Å². The molecule has 2 fully saturated rings. The monoisotopic (exact) mass is 289 g/mol. The van der Waals surface area contributed by atoms with Crippen LogP contribution in [0.1, 0.15) is 50.5 Å². The molecule has 0 aromatic heterocycles. The van der Waals surface area contributed by atoms with Crippen molar-refractivity contribution in [2.24, 2.45) is 5.41 Å². The molecule has 20 heavy (non-hydrogen) atoms. The number of benzene rings is 1. The molecule has 0 amide bonds. The summed E-state index contributed by atoms with van der Waals surface area (Å²) in [6, 6.07) is 8.18. The van der Waals surface area contributed by atoms with Gasteiger partial charge in [0.15, 0.2) is 0 Å². The van der Waals surface area contributed by atoms with E-state index in [1.807, 2.05) is 18.2 Å². The molecule has 2 aliphatic rings. The molecule has 2 saturated carbocycles. The SMILES string of the molecule is COc1ccc(Cl)cc1C1(C#N)CC2(CCCCC2)C1. The van der Waals surface area contributed by atoms with Crippen molar-refractivity contribution in [2.75, 3.05) is 7.11 Å². The first-order valence-electron chi connectivity index (χ1n) is 7.38. The molecule has 106 valence electrons. The van der Waals surface area contributed by atoms with Gasteiger partial charge in [-0.05, 0) is 49.3 Å². The Hall–Kier alpha value is -1.20. The molecule has 0 aliphatic heterocycles. The molecule has 0 radical (unpaired) electrons. The van der Waals surface area contributed by atoms with Crippen LogP contribution in [0.3, 0.4) is 0 Å². The van der Waals surface area contributed by atoms with Crippen LogP contribution in [0, 0.1) is 16.7 Å². The van der Waals surface area contributed by atoms with E-state index < -0.39 is 5.41 Å². The molecular formula is C17H20ClNO. The van der Waals surface area contributed by atoms with Crippen LogP contribution in [0.15, 0.2) is 18.2 Å². The summed E-state index contributed by atoms with van der Waals surface area (Å²) in [6.07, 6.45) is 8.46. The summed E-state index contributed by atoms with van der Waals surface area (Å²) in [5.74, 6) is 0.793. The largest absolute Gasteiger partial charge is 0.496 e. The molecule has 1 aromatic rings. The molecule has 3 heteroatoms. The molecule has 1 aromatic carbocycles. The van der Waals surface area contributed by atoms with E-state index in [9.17, 15) is 5.26 Å². The fourth-order valence-electron chi connectivity index (χ4n) is 4.27. The Labute approximate surface area is 125 Å². The summed E-state index contributed by atoms with van der Waals surface area (Å²) in [7, 11) is 1.66. The van der Waals surface area contributed by atoms with Crippen molar-refractivity contribution in [1.82, 2.24) is 0 Å². The lowest BCUT2D eigenvalue weighted by atomic mass is 9.47. The standard InChI is InChI=1S/C17H20ClNO/c1-20-15-6-5-13(18)9-14(15)17(12-19)10-16(11-17)7-3-2-4-8-16/h5-6,9H,2-4,7-8,10-11H2,1H3. The maximum absolute atomic E-state index is 9.77. The Bertz CT molecular complexity index is 547. The van der Waals surface area contributed by atoms with Gasteiger partial charge in [-0.15, -0.1) is 0 Å². The van der Waals surface area contributed by atoms with E-state index in [0.29, 0.717) is 10.4 Å². The first-order chi connectivity index (χ1) is 9.63. The van der Waals surface area contributed by atoms with E-state index in [0.717, 1.165) is 24.2 Å². The van der Waals surface area contributed by atoms with E-state index in [1.165, 1.54) is 32.1 Å². The summed E-state index contributed by atoms with van der Waals surface area (Å²) in [6.45, 7) is 0. The second-order valence-electron chi connectivity index (χ2n) is 6.45. The lowest BCUT2D eigenvalue weighted by Crippen LogP contribution is -2.49.